The van der Waals surface area contributed by atoms with Gasteiger partial charge in [-0.3, -0.25) is 4.79 Å². The van der Waals surface area contributed by atoms with E-state index in [1.54, 1.807) is 18.2 Å². The fourth-order valence-corrected chi connectivity index (χ4v) is 1.60. The van der Waals surface area contributed by atoms with Crippen LogP contribution < -0.4 is 15.2 Å². The van der Waals surface area contributed by atoms with Crippen molar-refractivity contribution in [3.63, 3.8) is 0 Å². The molecule has 19 heavy (non-hydrogen) atoms. The zero-order valence-corrected chi connectivity index (χ0v) is 11.9. The highest BCUT2D eigenvalue weighted by atomic mass is 35.5. The molecule has 0 spiro atoms. The molecule has 0 fully saturated rings. The van der Waals surface area contributed by atoms with Crippen molar-refractivity contribution in [2.45, 2.75) is 26.3 Å². The molecule has 0 aliphatic heterocycles. The topological polar surface area (TPSA) is 81.8 Å². The molecule has 0 heterocycles. The Morgan fingerprint density at radius 1 is 1.26 bits per heavy atom. The maximum atomic E-state index is 10.6. The van der Waals surface area contributed by atoms with Gasteiger partial charge in [0.25, 0.3) is 0 Å². The van der Waals surface area contributed by atoms with Crippen molar-refractivity contribution in [1.82, 2.24) is 0 Å². The predicted octanol–water partition coefficient (Wildman–Crippen LogP) is 2.38. The van der Waals surface area contributed by atoms with Crippen LogP contribution in [0.1, 0.15) is 31.9 Å². The van der Waals surface area contributed by atoms with Crippen LogP contribution in [-0.2, 0) is 4.79 Å². The smallest absolute Gasteiger partial charge is 0.305 e. The molecular formula is C13H20ClNO4. The van der Waals surface area contributed by atoms with Crippen LogP contribution in [0, 0.1) is 0 Å². The molecule has 1 aromatic carbocycles. The summed E-state index contributed by atoms with van der Waals surface area (Å²) in [5.41, 5.74) is 6.53. The normalized spacial score (nSPS) is 11.3. The molecule has 0 aliphatic carbocycles. The molecule has 1 unspecified atom stereocenters. The van der Waals surface area contributed by atoms with Crippen molar-refractivity contribution in [1.29, 1.82) is 0 Å². The number of rotatable bonds is 7. The number of carbonyl (C=O) groups is 1. The highest BCUT2D eigenvalue weighted by Gasteiger charge is 2.13. The van der Waals surface area contributed by atoms with Crippen molar-refractivity contribution in [3.8, 4) is 11.5 Å². The van der Waals surface area contributed by atoms with Crippen molar-refractivity contribution < 1.29 is 19.4 Å². The van der Waals surface area contributed by atoms with E-state index in [4.69, 9.17) is 20.3 Å². The Bertz CT molecular complexity index is 412. The number of carboxylic acids is 1. The molecule has 3 N–H and O–H groups in total. The third kappa shape index (κ3) is 5.36. The van der Waals surface area contributed by atoms with Gasteiger partial charge in [-0.15, -0.1) is 12.4 Å². The number of nitrogens with two attached hydrogens (primary N) is 1. The van der Waals surface area contributed by atoms with E-state index in [2.05, 4.69) is 0 Å². The Balaban J connectivity index is 0.00000324. The number of carboxylic acid groups (broad SMARTS) is 1. The minimum absolute atomic E-state index is 0. The Kier molecular flexibility index (Phi) is 7.95. The highest BCUT2D eigenvalue weighted by molar-refractivity contribution is 5.85. The molecule has 1 atom stereocenters. The zero-order chi connectivity index (χ0) is 13.5. The van der Waals surface area contributed by atoms with Crippen LogP contribution in [0.2, 0.25) is 0 Å². The summed E-state index contributed by atoms with van der Waals surface area (Å²) in [6.07, 6.45) is -0.112. The summed E-state index contributed by atoms with van der Waals surface area (Å²) < 4.78 is 10.9. The summed E-state index contributed by atoms with van der Waals surface area (Å²) in [6.45, 7) is 4.82. The monoisotopic (exact) mass is 289 g/mol. The first-order chi connectivity index (χ1) is 8.58. The average molecular weight is 290 g/mol. The Labute approximate surface area is 119 Å². The molecule has 108 valence electrons. The van der Waals surface area contributed by atoms with Crippen LogP contribution in [0.5, 0.6) is 11.5 Å². The van der Waals surface area contributed by atoms with Gasteiger partial charge in [0.2, 0.25) is 0 Å². The second-order valence-electron chi connectivity index (χ2n) is 3.78. The van der Waals surface area contributed by atoms with Crippen molar-refractivity contribution in [2.24, 2.45) is 5.73 Å². The van der Waals surface area contributed by atoms with Gasteiger partial charge in [-0.2, -0.15) is 0 Å². The minimum Gasteiger partial charge on any atom is -0.490 e. The minimum atomic E-state index is -0.922. The summed E-state index contributed by atoms with van der Waals surface area (Å²) in [5, 5.41) is 8.72. The molecule has 0 bridgehead atoms. The van der Waals surface area contributed by atoms with Gasteiger partial charge in [-0.1, -0.05) is 6.07 Å². The summed E-state index contributed by atoms with van der Waals surface area (Å²) in [4.78, 5) is 10.6. The largest absolute Gasteiger partial charge is 0.490 e. The molecular weight excluding hydrogens is 270 g/mol. The van der Waals surface area contributed by atoms with E-state index in [9.17, 15) is 4.79 Å². The molecule has 0 amide bonds. The third-order valence-corrected chi connectivity index (χ3v) is 2.39. The first-order valence-electron chi connectivity index (χ1n) is 5.95. The average Bonchev–Trinajstić information content (AvgIpc) is 2.31. The summed E-state index contributed by atoms with van der Waals surface area (Å²) in [5.74, 6) is 0.317. The second kappa shape index (κ2) is 8.61. The van der Waals surface area contributed by atoms with Crippen LogP contribution >= 0.6 is 12.4 Å². The van der Waals surface area contributed by atoms with Gasteiger partial charge in [0.15, 0.2) is 11.5 Å². The van der Waals surface area contributed by atoms with E-state index in [1.807, 2.05) is 13.8 Å². The van der Waals surface area contributed by atoms with Crippen molar-refractivity contribution in [3.05, 3.63) is 23.8 Å². The lowest BCUT2D eigenvalue weighted by molar-refractivity contribution is -0.137. The van der Waals surface area contributed by atoms with Crippen LogP contribution in [-0.4, -0.2) is 24.3 Å². The lowest BCUT2D eigenvalue weighted by atomic mass is 10.0. The van der Waals surface area contributed by atoms with Crippen LogP contribution in [0.15, 0.2) is 18.2 Å². The second-order valence-corrected chi connectivity index (χ2v) is 3.78. The molecule has 6 heteroatoms. The summed E-state index contributed by atoms with van der Waals surface area (Å²) >= 11 is 0. The molecule has 0 radical (unpaired) electrons. The molecule has 5 nitrogen and oxygen atoms in total. The fraction of sp³-hybridized carbons (Fsp3) is 0.462. The van der Waals surface area contributed by atoms with E-state index < -0.39 is 12.0 Å². The number of hydrogen-bond acceptors (Lipinski definition) is 4. The van der Waals surface area contributed by atoms with Gasteiger partial charge in [0.1, 0.15) is 0 Å². The quantitative estimate of drug-likeness (QED) is 0.805. The number of benzene rings is 1. The van der Waals surface area contributed by atoms with Gasteiger partial charge < -0.3 is 20.3 Å². The molecule has 0 saturated carbocycles. The predicted molar refractivity (Wildman–Crippen MR) is 75.2 cm³/mol. The standard InChI is InChI=1S/C13H19NO4.ClH/c1-3-17-11-6-5-9(7-12(11)18-4-2)10(14)8-13(15)16;/h5-7,10H,3-4,8,14H2,1-2H3,(H,15,16);1H. The van der Waals surface area contributed by atoms with Gasteiger partial charge in [0.05, 0.1) is 19.6 Å². The molecule has 1 rings (SSSR count). The highest BCUT2D eigenvalue weighted by Crippen LogP contribution is 2.30. The maximum absolute atomic E-state index is 10.6. The summed E-state index contributed by atoms with van der Waals surface area (Å²) in [7, 11) is 0. The molecule has 1 aromatic rings. The van der Waals surface area contributed by atoms with E-state index in [0.717, 1.165) is 5.56 Å². The van der Waals surface area contributed by atoms with Gasteiger partial charge >= 0.3 is 5.97 Å². The number of halogens is 1. The lowest BCUT2D eigenvalue weighted by Crippen LogP contribution is -2.15. The van der Waals surface area contributed by atoms with E-state index in [0.29, 0.717) is 24.7 Å². The van der Waals surface area contributed by atoms with Crippen LogP contribution in [0.4, 0.5) is 0 Å². The number of ether oxygens (including phenoxy) is 2. The fourth-order valence-electron chi connectivity index (χ4n) is 1.60. The Hall–Kier alpha value is -1.46. The van der Waals surface area contributed by atoms with Crippen molar-refractivity contribution >= 4 is 18.4 Å². The van der Waals surface area contributed by atoms with Gasteiger partial charge in [0, 0.05) is 6.04 Å². The van der Waals surface area contributed by atoms with Gasteiger partial charge in [-0.05, 0) is 31.5 Å². The molecule has 0 aromatic heterocycles. The van der Waals surface area contributed by atoms with Crippen LogP contribution in [0.25, 0.3) is 0 Å². The Morgan fingerprint density at radius 3 is 2.37 bits per heavy atom. The first kappa shape index (κ1) is 17.5. The molecule has 0 aliphatic rings. The zero-order valence-electron chi connectivity index (χ0n) is 11.1. The van der Waals surface area contributed by atoms with E-state index >= 15 is 0 Å². The van der Waals surface area contributed by atoms with Gasteiger partial charge in [-0.25, -0.2) is 0 Å². The number of hydrogen-bond donors (Lipinski definition) is 2. The number of aliphatic carboxylic acids is 1. The van der Waals surface area contributed by atoms with E-state index in [-0.39, 0.29) is 18.8 Å². The van der Waals surface area contributed by atoms with Crippen molar-refractivity contribution in [2.75, 3.05) is 13.2 Å². The van der Waals surface area contributed by atoms with Crippen LogP contribution in [0.3, 0.4) is 0 Å². The summed E-state index contributed by atoms with van der Waals surface area (Å²) in [6, 6.07) is 4.71. The third-order valence-electron chi connectivity index (χ3n) is 2.39. The Morgan fingerprint density at radius 2 is 1.84 bits per heavy atom. The first-order valence-corrected chi connectivity index (χ1v) is 5.95. The molecule has 0 saturated heterocycles. The van der Waals surface area contributed by atoms with E-state index in [1.165, 1.54) is 0 Å². The maximum Gasteiger partial charge on any atom is 0.305 e. The lowest BCUT2D eigenvalue weighted by Gasteiger charge is -2.15. The SMILES string of the molecule is CCOc1ccc(C(N)CC(=O)O)cc1OCC.Cl.